The molecule has 5 nitrogen and oxygen atoms in total. The lowest BCUT2D eigenvalue weighted by Crippen LogP contribution is -2.60. The Morgan fingerprint density at radius 1 is 1.17 bits per heavy atom. The minimum Gasteiger partial charge on any atom is -0.346 e. The van der Waals surface area contributed by atoms with Crippen molar-refractivity contribution >= 4 is 16.9 Å². The van der Waals surface area contributed by atoms with Gasteiger partial charge in [-0.05, 0) is 87.3 Å². The van der Waals surface area contributed by atoms with E-state index in [2.05, 4.69) is 10.3 Å². The number of rotatable bonds is 6. The Bertz CT molecular complexity index is 964. The summed E-state index contributed by atoms with van der Waals surface area (Å²) in [5, 5.41) is 4.07. The average molecular weight is 397 g/mol. The molecule has 0 unspecified atom stereocenters. The Morgan fingerprint density at radius 2 is 1.86 bits per heavy atom. The topological polar surface area (TPSA) is 64.0 Å². The molecule has 154 valence electrons. The lowest BCUT2D eigenvalue weighted by atomic mass is 9.53. The summed E-state index contributed by atoms with van der Waals surface area (Å²) in [6, 6.07) is 5.35. The molecular formula is C23H28FN3O2. The summed E-state index contributed by atoms with van der Waals surface area (Å²) in [7, 11) is 0. The van der Waals surface area contributed by atoms with E-state index in [1.807, 2.05) is 6.07 Å². The van der Waals surface area contributed by atoms with Crippen LogP contribution in [-0.2, 0) is 6.54 Å². The zero-order valence-electron chi connectivity index (χ0n) is 16.7. The number of halogens is 1. The Morgan fingerprint density at radius 3 is 2.52 bits per heavy atom. The minimum atomic E-state index is -0.410. The third-order valence-corrected chi connectivity index (χ3v) is 7.27. The van der Waals surface area contributed by atoms with Gasteiger partial charge in [-0.3, -0.25) is 18.5 Å². The largest absolute Gasteiger partial charge is 0.346 e. The summed E-state index contributed by atoms with van der Waals surface area (Å²) >= 11 is 0. The minimum absolute atomic E-state index is 0.138. The Balaban J connectivity index is 1.47. The first kappa shape index (κ1) is 18.8. The molecule has 6 heteroatoms. The molecule has 4 aliphatic rings. The monoisotopic (exact) mass is 397 g/mol. The number of hydrogen-bond acceptors (Lipinski definition) is 3. The molecule has 4 fully saturated rings. The van der Waals surface area contributed by atoms with E-state index in [1.165, 1.54) is 19.3 Å². The van der Waals surface area contributed by atoms with Gasteiger partial charge in [-0.1, -0.05) is 0 Å². The molecule has 2 aromatic heterocycles. The maximum absolute atomic E-state index is 13.3. The summed E-state index contributed by atoms with van der Waals surface area (Å²) in [5.41, 5.74) is 0.280. The van der Waals surface area contributed by atoms with Crippen LogP contribution in [0.5, 0.6) is 0 Å². The Labute approximate surface area is 169 Å². The molecule has 0 saturated heterocycles. The number of alkyl halides is 1. The van der Waals surface area contributed by atoms with Crippen LogP contribution in [0.2, 0.25) is 0 Å². The standard InChI is InChI=1S/C23H28FN3O2/c24-5-1-2-7-27-20-18(4-3-6-25-20)11-19(22(27)29)21(28)26-23-12-15-8-16(13-23)10-17(9-15)14-23/h3-4,6,11,15-17H,1-2,5,7-10,12-14H2,(H,26,28). The van der Waals surface area contributed by atoms with Crippen LogP contribution in [-0.4, -0.2) is 27.7 Å². The maximum atomic E-state index is 13.3. The summed E-state index contributed by atoms with van der Waals surface area (Å²) in [5.74, 6) is 1.90. The van der Waals surface area contributed by atoms with Gasteiger partial charge in [-0.2, -0.15) is 0 Å². The molecule has 0 aliphatic heterocycles. The van der Waals surface area contributed by atoms with Crippen molar-refractivity contribution in [1.29, 1.82) is 0 Å². The fraction of sp³-hybridized carbons (Fsp3) is 0.609. The lowest BCUT2D eigenvalue weighted by molar-refractivity contribution is -0.0167. The van der Waals surface area contributed by atoms with Crippen molar-refractivity contribution in [3.63, 3.8) is 0 Å². The predicted molar refractivity (Wildman–Crippen MR) is 110 cm³/mol. The molecule has 6 rings (SSSR count). The molecule has 0 radical (unpaired) electrons. The second kappa shape index (κ2) is 7.22. The maximum Gasteiger partial charge on any atom is 0.265 e. The van der Waals surface area contributed by atoms with Crippen molar-refractivity contribution in [3.05, 3.63) is 40.3 Å². The molecule has 29 heavy (non-hydrogen) atoms. The van der Waals surface area contributed by atoms with Gasteiger partial charge in [0.2, 0.25) is 0 Å². The highest BCUT2D eigenvalue weighted by Crippen LogP contribution is 2.55. The fourth-order valence-electron chi connectivity index (χ4n) is 6.51. The molecule has 0 atom stereocenters. The molecule has 4 aliphatic carbocycles. The number of pyridine rings is 2. The number of amides is 1. The Hall–Kier alpha value is -2.24. The molecular weight excluding hydrogens is 369 g/mol. The fourth-order valence-corrected chi connectivity index (χ4v) is 6.51. The highest BCUT2D eigenvalue weighted by molar-refractivity contribution is 5.97. The van der Waals surface area contributed by atoms with E-state index in [4.69, 9.17) is 0 Å². The van der Waals surface area contributed by atoms with Gasteiger partial charge < -0.3 is 5.32 Å². The van der Waals surface area contributed by atoms with E-state index in [1.54, 1.807) is 22.9 Å². The van der Waals surface area contributed by atoms with E-state index in [9.17, 15) is 14.0 Å². The number of fused-ring (bicyclic) bond motifs is 1. The summed E-state index contributed by atoms with van der Waals surface area (Å²) in [6.45, 7) is -0.0406. The van der Waals surface area contributed by atoms with Crippen molar-refractivity contribution in [2.75, 3.05) is 6.67 Å². The van der Waals surface area contributed by atoms with E-state index >= 15 is 0 Å². The van der Waals surface area contributed by atoms with Gasteiger partial charge >= 0.3 is 0 Å². The molecule has 2 heterocycles. The van der Waals surface area contributed by atoms with Crippen molar-refractivity contribution < 1.29 is 9.18 Å². The number of nitrogens with zero attached hydrogens (tertiary/aromatic N) is 2. The number of nitrogens with one attached hydrogen (secondary N) is 1. The van der Waals surface area contributed by atoms with Crippen LogP contribution >= 0.6 is 0 Å². The van der Waals surface area contributed by atoms with Crippen LogP contribution in [0, 0.1) is 17.8 Å². The molecule has 0 aromatic carbocycles. The highest BCUT2D eigenvalue weighted by atomic mass is 19.1. The second-order valence-corrected chi connectivity index (χ2v) is 9.48. The number of aromatic nitrogens is 2. The van der Waals surface area contributed by atoms with Gasteiger partial charge in [-0.25, -0.2) is 4.98 Å². The van der Waals surface area contributed by atoms with Crippen molar-refractivity contribution in [3.8, 4) is 0 Å². The number of unbranched alkanes of at least 4 members (excludes halogenated alkanes) is 1. The van der Waals surface area contributed by atoms with E-state index in [0.29, 0.717) is 25.0 Å². The van der Waals surface area contributed by atoms with Crippen LogP contribution in [0.1, 0.15) is 61.7 Å². The van der Waals surface area contributed by atoms with Crippen molar-refractivity contribution in [1.82, 2.24) is 14.9 Å². The second-order valence-electron chi connectivity index (χ2n) is 9.48. The number of carbonyl (C=O) groups is 1. The molecule has 0 spiro atoms. The van der Waals surface area contributed by atoms with Crippen LogP contribution in [0.25, 0.3) is 11.0 Å². The van der Waals surface area contributed by atoms with E-state index in [0.717, 1.165) is 42.4 Å². The van der Waals surface area contributed by atoms with Crippen LogP contribution < -0.4 is 10.9 Å². The average Bonchev–Trinajstić information content (AvgIpc) is 2.68. The van der Waals surface area contributed by atoms with Crippen LogP contribution in [0.15, 0.2) is 29.2 Å². The SMILES string of the molecule is O=C(NC12CC3CC(CC(C3)C1)C2)c1cc2cccnc2n(CCCCF)c1=O. The number of aryl methyl sites for hydroxylation is 1. The van der Waals surface area contributed by atoms with E-state index < -0.39 is 6.67 Å². The van der Waals surface area contributed by atoms with Gasteiger partial charge in [0.15, 0.2) is 0 Å². The third-order valence-electron chi connectivity index (χ3n) is 7.27. The first-order valence-electron chi connectivity index (χ1n) is 10.9. The van der Waals surface area contributed by atoms with Gasteiger partial charge in [-0.15, -0.1) is 0 Å². The summed E-state index contributed by atoms with van der Waals surface area (Å²) in [6.07, 6.45) is 9.63. The van der Waals surface area contributed by atoms with Crippen molar-refractivity contribution in [2.24, 2.45) is 17.8 Å². The highest BCUT2D eigenvalue weighted by Gasteiger charge is 2.51. The normalized spacial score (nSPS) is 30.0. The number of hydrogen-bond donors (Lipinski definition) is 1. The molecule has 1 N–H and O–H groups in total. The third kappa shape index (κ3) is 3.36. The van der Waals surface area contributed by atoms with Gasteiger partial charge in [0.25, 0.3) is 11.5 Å². The van der Waals surface area contributed by atoms with E-state index in [-0.39, 0.29) is 22.6 Å². The molecule has 1 amide bonds. The molecule has 2 aromatic rings. The zero-order chi connectivity index (χ0) is 20.0. The van der Waals surface area contributed by atoms with Gasteiger partial charge in [0.1, 0.15) is 11.2 Å². The van der Waals surface area contributed by atoms with Crippen LogP contribution in [0.3, 0.4) is 0 Å². The van der Waals surface area contributed by atoms with Crippen molar-refractivity contribution in [2.45, 2.75) is 63.5 Å². The molecule has 4 saturated carbocycles. The summed E-state index contributed by atoms with van der Waals surface area (Å²) in [4.78, 5) is 30.8. The van der Waals surface area contributed by atoms with Gasteiger partial charge in [0.05, 0.1) is 6.67 Å². The molecule has 4 bridgehead atoms. The smallest absolute Gasteiger partial charge is 0.265 e. The Kier molecular flexibility index (Phi) is 4.67. The first-order valence-corrected chi connectivity index (χ1v) is 10.9. The first-order chi connectivity index (χ1) is 14.1. The number of carbonyl (C=O) groups excluding carboxylic acids is 1. The predicted octanol–water partition coefficient (Wildman–Crippen LogP) is 3.84. The van der Waals surface area contributed by atoms with Crippen LogP contribution in [0.4, 0.5) is 4.39 Å². The summed E-state index contributed by atoms with van der Waals surface area (Å²) < 4.78 is 14.1. The lowest BCUT2D eigenvalue weighted by Gasteiger charge is -2.56. The van der Waals surface area contributed by atoms with Gasteiger partial charge in [0, 0.05) is 23.7 Å². The zero-order valence-corrected chi connectivity index (χ0v) is 16.7. The quantitative estimate of drug-likeness (QED) is 0.753.